The predicted molar refractivity (Wildman–Crippen MR) is 91.6 cm³/mol. The van der Waals surface area contributed by atoms with Crippen LogP contribution in [0.15, 0.2) is 36.9 Å². The van der Waals surface area contributed by atoms with Gasteiger partial charge in [-0.2, -0.15) is 0 Å². The Morgan fingerprint density at radius 1 is 1.17 bits per heavy atom. The van der Waals surface area contributed by atoms with Crippen molar-refractivity contribution in [1.29, 1.82) is 0 Å². The number of aromatic nitrogens is 3. The Labute approximate surface area is 141 Å². The van der Waals surface area contributed by atoms with Crippen LogP contribution in [0.1, 0.15) is 22.8 Å². The van der Waals surface area contributed by atoms with Gasteiger partial charge in [-0.15, -0.1) is 0 Å². The van der Waals surface area contributed by atoms with Gasteiger partial charge in [0.25, 0.3) is 5.91 Å². The van der Waals surface area contributed by atoms with Crippen LogP contribution >= 0.6 is 0 Å². The first-order valence-corrected chi connectivity index (χ1v) is 8.22. The molecule has 1 amide bonds. The lowest BCUT2D eigenvalue weighted by Crippen LogP contribution is -2.48. The highest BCUT2D eigenvalue weighted by atomic mass is 16.2. The first-order valence-electron chi connectivity index (χ1n) is 8.22. The molecule has 3 heterocycles. The minimum atomic E-state index is 0.00422. The van der Waals surface area contributed by atoms with Crippen molar-refractivity contribution in [2.45, 2.75) is 13.5 Å². The van der Waals surface area contributed by atoms with E-state index in [1.807, 2.05) is 17.0 Å². The molecule has 1 aliphatic rings. The molecular weight excluding hydrogens is 304 g/mol. The summed E-state index contributed by atoms with van der Waals surface area (Å²) in [5, 5.41) is 3.13. The van der Waals surface area contributed by atoms with Crippen molar-refractivity contribution in [2.75, 3.05) is 38.0 Å². The number of anilines is 1. The summed E-state index contributed by atoms with van der Waals surface area (Å²) in [6, 6.07) is 3.87. The third kappa shape index (κ3) is 4.05. The van der Waals surface area contributed by atoms with Gasteiger partial charge in [-0.25, -0.2) is 9.97 Å². The van der Waals surface area contributed by atoms with Crippen LogP contribution in [-0.4, -0.2) is 63.4 Å². The molecule has 0 atom stereocenters. The van der Waals surface area contributed by atoms with Gasteiger partial charge in [0.1, 0.15) is 0 Å². The summed E-state index contributed by atoms with van der Waals surface area (Å²) < 4.78 is 0. The highest BCUT2D eigenvalue weighted by molar-refractivity contribution is 5.93. The van der Waals surface area contributed by atoms with Crippen molar-refractivity contribution < 1.29 is 4.79 Å². The summed E-state index contributed by atoms with van der Waals surface area (Å²) >= 11 is 0. The van der Waals surface area contributed by atoms with E-state index in [-0.39, 0.29) is 5.91 Å². The molecule has 7 heteroatoms. The summed E-state index contributed by atoms with van der Waals surface area (Å²) in [5.41, 5.74) is 1.59. The van der Waals surface area contributed by atoms with Gasteiger partial charge in [0, 0.05) is 57.5 Å². The molecule has 24 heavy (non-hydrogen) atoms. The fourth-order valence-electron chi connectivity index (χ4n) is 2.66. The van der Waals surface area contributed by atoms with Crippen molar-refractivity contribution in [3.63, 3.8) is 0 Å². The van der Waals surface area contributed by atoms with Crippen LogP contribution in [-0.2, 0) is 6.54 Å². The van der Waals surface area contributed by atoms with Crippen LogP contribution in [0.5, 0.6) is 0 Å². The average molecular weight is 326 g/mol. The maximum Gasteiger partial charge on any atom is 0.257 e. The number of hydrogen-bond acceptors (Lipinski definition) is 6. The maximum absolute atomic E-state index is 12.5. The molecule has 1 aliphatic heterocycles. The molecule has 0 aromatic carbocycles. The van der Waals surface area contributed by atoms with Gasteiger partial charge >= 0.3 is 0 Å². The number of likely N-dealkylation sites (N-methyl/N-ethyl adjacent to an activating group) is 1. The lowest BCUT2D eigenvalue weighted by Gasteiger charge is -2.33. The lowest BCUT2D eigenvalue weighted by molar-refractivity contribution is 0.0642. The molecule has 0 unspecified atom stereocenters. The minimum absolute atomic E-state index is 0.00422. The Bertz CT molecular complexity index is 653. The van der Waals surface area contributed by atoms with Crippen molar-refractivity contribution in [3.8, 4) is 0 Å². The van der Waals surface area contributed by atoms with Crippen LogP contribution in [0.2, 0.25) is 0 Å². The molecule has 0 aliphatic carbocycles. The normalized spacial score (nSPS) is 15.3. The van der Waals surface area contributed by atoms with E-state index in [0.29, 0.717) is 18.1 Å². The van der Waals surface area contributed by atoms with E-state index in [1.165, 1.54) is 0 Å². The van der Waals surface area contributed by atoms with E-state index in [9.17, 15) is 4.79 Å². The molecule has 1 saturated heterocycles. The van der Waals surface area contributed by atoms with Gasteiger partial charge in [0.05, 0.1) is 5.56 Å². The first kappa shape index (κ1) is 16.3. The van der Waals surface area contributed by atoms with Crippen molar-refractivity contribution in [2.24, 2.45) is 0 Å². The standard InChI is InChI=1S/C17H22N6O/c1-2-22-6-8-23(9-7-22)16(24)15-12-20-17(21-13-15)19-11-14-4-3-5-18-10-14/h3-5,10,12-13H,2,6-9,11H2,1H3,(H,19,20,21). The second-order valence-corrected chi connectivity index (χ2v) is 5.74. The molecule has 0 saturated carbocycles. The third-order valence-corrected chi connectivity index (χ3v) is 4.18. The second kappa shape index (κ2) is 7.83. The van der Waals surface area contributed by atoms with E-state index >= 15 is 0 Å². The second-order valence-electron chi connectivity index (χ2n) is 5.74. The Morgan fingerprint density at radius 2 is 1.92 bits per heavy atom. The van der Waals surface area contributed by atoms with Gasteiger partial charge < -0.3 is 15.1 Å². The Kier molecular flexibility index (Phi) is 5.32. The zero-order valence-electron chi connectivity index (χ0n) is 13.9. The highest BCUT2D eigenvalue weighted by Crippen LogP contribution is 2.09. The van der Waals surface area contributed by atoms with Crippen molar-refractivity contribution in [3.05, 3.63) is 48.0 Å². The van der Waals surface area contributed by atoms with Gasteiger partial charge in [-0.3, -0.25) is 9.78 Å². The number of piperazine rings is 1. The fourth-order valence-corrected chi connectivity index (χ4v) is 2.66. The van der Waals surface area contributed by atoms with Gasteiger partial charge in [0.2, 0.25) is 5.95 Å². The molecule has 0 radical (unpaired) electrons. The number of pyridine rings is 1. The number of rotatable bonds is 5. The molecule has 0 bridgehead atoms. The van der Waals surface area contributed by atoms with E-state index in [4.69, 9.17) is 0 Å². The summed E-state index contributed by atoms with van der Waals surface area (Å²) in [6.07, 6.45) is 6.71. The number of carbonyl (C=O) groups excluding carboxylic acids is 1. The van der Waals surface area contributed by atoms with Gasteiger partial charge in [-0.05, 0) is 18.2 Å². The summed E-state index contributed by atoms with van der Waals surface area (Å²) in [5.74, 6) is 0.510. The lowest BCUT2D eigenvalue weighted by atomic mass is 10.2. The van der Waals surface area contributed by atoms with Crippen LogP contribution < -0.4 is 5.32 Å². The van der Waals surface area contributed by atoms with E-state index in [2.05, 4.69) is 32.1 Å². The van der Waals surface area contributed by atoms with Crippen LogP contribution in [0.25, 0.3) is 0 Å². The smallest absolute Gasteiger partial charge is 0.257 e. The monoisotopic (exact) mass is 326 g/mol. The molecule has 7 nitrogen and oxygen atoms in total. The number of nitrogens with zero attached hydrogens (tertiary/aromatic N) is 5. The largest absolute Gasteiger partial charge is 0.350 e. The van der Waals surface area contributed by atoms with Crippen LogP contribution in [0.4, 0.5) is 5.95 Å². The third-order valence-electron chi connectivity index (χ3n) is 4.18. The van der Waals surface area contributed by atoms with E-state index < -0.39 is 0 Å². The van der Waals surface area contributed by atoms with E-state index in [1.54, 1.807) is 24.8 Å². The molecule has 1 fully saturated rings. The van der Waals surface area contributed by atoms with Crippen LogP contribution in [0.3, 0.4) is 0 Å². The molecule has 2 aromatic heterocycles. The number of carbonyl (C=O) groups is 1. The van der Waals surface area contributed by atoms with Gasteiger partial charge in [-0.1, -0.05) is 13.0 Å². The number of nitrogens with one attached hydrogen (secondary N) is 1. The molecule has 126 valence electrons. The molecular formula is C17H22N6O. The van der Waals surface area contributed by atoms with E-state index in [0.717, 1.165) is 38.3 Å². The average Bonchev–Trinajstić information content (AvgIpc) is 2.67. The SMILES string of the molecule is CCN1CCN(C(=O)c2cnc(NCc3cccnc3)nc2)CC1. The minimum Gasteiger partial charge on any atom is -0.350 e. The van der Waals surface area contributed by atoms with Gasteiger partial charge in [0.15, 0.2) is 0 Å². The Hall–Kier alpha value is -2.54. The number of amides is 1. The Morgan fingerprint density at radius 3 is 2.54 bits per heavy atom. The molecule has 3 rings (SSSR count). The summed E-state index contributed by atoms with van der Waals surface area (Å²) in [7, 11) is 0. The molecule has 2 aromatic rings. The fraction of sp³-hybridized carbons (Fsp3) is 0.412. The first-order chi connectivity index (χ1) is 11.8. The predicted octanol–water partition coefficient (Wildman–Crippen LogP) is 1.26. The molecule has 0 spiro atoms. The van der Waals surface area contributed by atoms with Crippen LogP contribution in [0, 0.1) is 0 Å². The summed E-state index contributed by atoms with van der Waals surface area (Å²) in [4.78, 5) is 29.2. The number of hydrogen-bond donors (Lipinski definition) is 1. The topological polar surface area (TPSA) is 74.2 Å². The zero-order valence-corrected chi connectivity index (χ0v) is 13.9. The maximum atomic E-state index is 12.5. The quantitative estimate of drug-likeness (QED) is 0.892. The van der Waals surface area contributed by atoms with Crippen molar-refractivity contribution in [1.82, 2.24) is 24.8 Å². The molecule has 1 N–H and O–H groups in total. The van der Waals surface area contributed by atoms with Crippen molar-refractivity contribution >= 4 is 11.9 Å². The Balaban J connectivity index is 1.55. The summed E-state index contributed by atoms with van der Waals surface area (Å²) in [6.45, 7) is 7.13. The zero-order chi connectivity index (χ0) is 16.8. The highest BCUT2D eigenvalue weighted by Gasteiger charge is 2.21.